The van der Waals surface area contributed by atoms with Crippen molar-refractivity contribution < 1.29 is 17.6 Å². The lowest BCUT2D eigenvalue weighted by Crippen LogP contribution is -2.26. The first-order valence-corrected chi connectivity index (χ1v) is 5.94. The smallest absolute Gasteiger partial charge is 0.284 e. The molecule has 0 aromatic heterocycles. The lowest BCUT2D eigenvalue weighted by Gasteiger charge is -2.24. The molecule has 6 heteroatoms. The minimum atomic E-state index is -4.66. The predicted octanol–water partition coefficient (Wildman–Crippen LogP) is 3.50. The summed E-state index contributed by atoms with van der Waals surface area (Å²) in [5, 5.41) is 9.15. The summed E-state index contributed by atoms with van der Waals surface area (Å²) in [4.78, 5) is 1.70. The number of benzene rings is 1. The summed E-state index contributed by atoms with van der Waals surface area (Å²) >= 11 is 0. The summed E-state index contributed by atoms with van der Waals surface area (Å²) in [5.41, 5.74) is -1.23. The van der Waals surface area contributed by atoms with Gasteiger partial charge in [0.2, 0.25) is 0 Å². The van der Waals surface area contributed by atoms with Crippen LogP contribution in [0.25, 0.3) is 0 Å². The number of halogens is 4. The Hall–Kier alpha value is -1.61. The third kappa shape index (κ3) is 2.87. The van der Waals surface area contributed by atoms with Crippen LogP contribution in [-0.2, 0) is 6.18 Å². The van der Waals surface area contributed by atoms with Gasteiger partial charge in [0.25, 0.3) is 0 Å². The Morgan fingerprint density at radius 2 is 1.84 bits per heavy atom. The van der Waals surface area contributed by atoms with E-state index in [-0.39, 0.29) is 5.56 Å². The number of hydrogen-bond acceptors (Lipinski definition) is 2. The van der Waals surface area contributed by atoms with Crippen LogP contribution in [0.3, 0.4) is 0 Å². The summed E-state index contributed by atoms with van der Waals surface area (Å²) in [5.74, 6) is -0.950. The van der Waals surface area contributed by atoms with Crippen LogP contribution >= 0.6 is 0 Å². The number of nitriles is 1. The van der Waals surface area contributed by atoms with Crippen LogP contribution in [0.2, 0.25) is 0 Å². The van der Waals surface area contributed by atoms with Crippen molar-refractivity contribution in [3.63, 3.8) is 0 Å². The van der Waals surface area contributed by atoms with Gasteiger partial charge in [-0.1, -0.05) is 6.07 Å². The first-order chi connectivity index (χ1) is 8.93. The van der Waals surface area contributed by atoms with Crippen LogP contribution in [0.4, 0.5) is 17.6 Å². The van der Waals surface area contributed by atoms with E-state index in [1.807, 2.05) is 6.07 Å². The van der Waals surface area contributed by atoms with E-state index < -0.39 is 23.6 Å². The average Bonchev–Trinajstić information content (AvgIpc) is 2.84. The molecule has 102 valence electrons. The fourth-order valence-corrected chi connectivity index (χ4v) is 2.36. The Bertz CT molecular complexity index is 498. The van der Waals surface area contributed by atoms with Gasteiger partial charge >= 0.3 is 6.18 Å². The zero-order valence-electron chi connectivity index (χ0n) is 10.0. The van der Waals surface area contributed by atoms with Crippen molar-refractivity contribution >= 4 is 0 Å². The predicted molar refractivity (Wildman–Crippen MR) is 60.6 cm³/mol. The lowest BCUT2D eigenvalue weighted by molar-refractivity contribution is -0.138. The SMILES string of the molecule is N#CC(c1ccc(F)cc1C(F)(F)F)N1CCCC1. The topological polar surface area (TPSA) is 27.0 Å². The molecule has 1 aliphatic rings. The molecule has 0 bridgehead atoms. The molecule has 1 unspecified atom stereocenters. The largest absolute Gasteiger partial charge is 0.416 e. The summed E-state index contributed by atoms with van der Waals surface area (Å²) in [7, 11) is 0. The van der Waals surface area contributed by atoms with Crippen molar-refractivity contribution in [2.45, 2.75) is 25.1 Å². The number of likely N-dealkylation sites (tertiary alicyclic amines) is 1. The zero-order chi connectivity index (χ0) is 14.0. The minimum Gasteiger partial charge on any atom is -0.284 e. The molecular formula is C13H12F4N2. The monoisotopic (exact) mass is 272 g/mol. The second kappa shape index (κ2) is 5.17. The van der Waals surface area contributed by atoms with Crippen LogP contribution in [0.15, 0.2) is 18.2 Å². The van der Waals surface area contributed by atoms with E-state index in [1.54, 1.807) is 4.90 Å². The number of alkyl halides is 3. The van der Waals surface area contributed by atoms with Crippen LogP contribution in [0.1, 0.15) is 30.0 Å². The van der Waals surface area contributed by atoms with E-state index in [4.69, 9.17) is 5.26 Å². The Kier molecular flexibility index (Phi) is 3.76. The first-order valence-electron chi connectivity index (χ1n) is 5.94. The fraction of sp³-hybridized carbons (Fsp3) is 0.462. The molecule has 19 heavy (non-hydrogen) atoms. The van der Waals surface area contributed by atoms with E-state index in [0.29, 0.717) is 19.2 Å². The van der Waals surface area contributed by atoms with Gasteiger partial charge in [-0.15, -0.1) is 0 Å². The molecule has 1 fully saturated rings. The molecule has 0 N–H and O–H groups in total. The molecule has 1 saturated heterocycles. The first kappa shape index (κ1) is 13.8. The molecule has 2 rings (SSSR count). The highest BCUT2D eigenvalue weighted by molar-refractivity contribution is 5.36. The maximum absolute atomic E-state index is 13.0. The third-order valence-corrected chi connectivity index (χ3v) is 3.24. The minimum absolute atomic E-state index is 0.168. The summed E-state index contributed by atoms with van der Waals surface area (Å²) in [6, 6.07) is 3.40. The molecule has 0 spiro atoms. The summed E-state index contributed by atoms with van der Waals surface area (Å²) in [6.45, 7) is 1.18. The normalized spacial score (nSPS) is 18.3. The zero-order valence-corrected chi connectivity index (χ0v) is 10.0. The molecule has 0 aliphatic carbocycles. The maximum atomic E-state index is 13.0. The second-order valence-corrected chi connectivity index (χ2v) is 4.50. The Balaban J connectivity index is 2.45. The van der Waals surface area contributed by atoms with Gasteiger partial charge in [0.05, 0.1) is 11.6 Å². The molecule has 1 aromatic rings. The molecule has 2 nitrogen and oxygen atoms in total. The number of nitrogens with zero attached hydrogens (tertiary/aromatic N) is 2. The highest BCUT2D eigenvalue weighted by atomic mass is 19.4. The standard InChI is InChI=1S/C13H12F4N2/c14-9-3-4-10(11(7-9)13(15,16)17)12(8-18)19-5-1-2-6-19/h3-4,7,12H,1-2,5-6H2. The van der Waals surface area contributed by atoms with E-state index in [2.05, 4.69) is 0 Å². The maximum Gasteiger partial charge on any atom is 0.416 e. The van der Waals surface area contributed by atoms with Gasteiger partial charge in [-0.25, -0.2) is 4.39 Å². The van der Waals surface area contributed by atoms with Crippen molar-refractivity contribution in [3.8, 4) is 6.07 Å². The Morgan fingerprint density at radius 3 is 2.37 bits per heavy atom. The van der Waals surface area contributed by atoms with E-state index in [1.165, 1.54) is 0 Å². The second-order valence-electron chi connectivity index (χ2n) is 4.50. The molecule has 1 aliphatic heterocycles. The molecule has 1 atom stereocenters. The van der Waals surface area contributed by atoms with E-state index >= 15 is 0 Å². The quantitative estimate of drug-likeness (QED) is 0.770. The number of hydrogen-bond donors (Lipinski definition) is 0. The van der Waals surface area contributed by atoms with Gasteiger partial charge in [-0.3, -0.25) is 4.90 Å². The van der Waals surface area contributed by atoms with E-state index in [9.17, 15) is 17.6 Å². The van der Waals surface area contributed by atoms with Gasteiger partial charge in [0, 0.05) is 0 Å². The third-order valence-electron chi connectivity index (χ3n) is 3.24. The van der Waals surface area contributed by atoms with Gasteiger partial charge in [0.1, 0.15) is 11.9 Å². The molecule has 0 saturated carbocycles. The van der Waals surface area contributed by atoms with Crippen LogP contribution in [0, 0.1) is 17.1 Å². The van der Waals surface area contributed by atoms with Crippen LogP contribution < -0.4 is 0 Å². The molecule has 0 amide bonds. The van der Waals surface area contributed by atoms with Crippen molar-refractivity contribution in [3.05, 3.63) is 35.1 Å². The van der Waals surface area contributed by atoms with Crippen molar-refractivity contribution in [1.29, 1.82) is 5.26 Å². The average molecular weight is 272 g/mol. The lowest BCUT2D eigenvalue weighted by atomic mass is 9.99. The summed E-state index contributed by atoms with van der Waals surface area (Å²) in [6.07, 6.45) is -2.94. The number of rotatable bonds is 2. The molecular weight excluding hydrogens is 260 g/mol. The van der Waals surface area contributed by atoms with E-state index in [0.717, 1.165) is 25.0 Å². The van der Waals surface area contributed by atoms with Gasteiger partial charge in [-0.2, -0.15) is 18.4 Å². The highest BCUT2D eigenvalue weighted by Gasteiger charge is 2.37. The van der Waals surface area contributed by atoms with Gasteiger partial charge < -0.3 is 0 Å². The van der Waals surface area contributed by atoms with Crippen LogP contribution in [-0.4, -0.2) is 18.0 Å². The van der Waals surface area contributed by atoms with Crippen molar-refractivity contribution in [1.82, 2.24) is 4.90 Å². The molecule has 0 radical (unpaired) electrons. The van der Waals surface area contributed by atoms with Crippen molar-refractivity contribution in [2.75, 3.05) is 13.1 Å². The van der Waals surface area contributed by atoms with Crippen LogP contribution in [0.5, 0.6) is 0 Å². The molecule has 1 aromatic carbocycles. The summed E-state index contributed by atoms with van der Waals surface area (Å²) < 4.78 is 51.8. The Labute approximate surface area is 108 Å². The van der Waals surface area contributed by atoms with Gasteiger partial charge in [-0.05, 0) is 43.6 Å². The van der Waals surface area contributed by atoms with Gasteiger partial charge in [0.15, 0.2) is 0 Å². The van der Waals surface area contributed by atoms with Crippen molar-refractivity contribution in [2.24, 2.45) is 0 Å². The highest BCUT2D eigenvalue weighted by Crippen LogP contribution is 2.37. The molecule has 1 heterocycles. The Morgan fingerprint density at radius 1 is 1.21 bits per heavy atom. The fourth-order valence-electron chi connectivity index (χ4n) is 2.36.